The third-order valence-corrected chi connectivity index (χ3v) is 5.55. The van der Waals surface area contributed by atoms with Crippen molar-refractivity contribution in [2.45, 2.75) is 51.7 Å². The Labute approximate surface area is 190 Å². The van der Waals surface area contributed by atoms with Crippen LogP contribution in [0.3, 0.4) is 0 Å². The van der Waals surface area contributed by atoms with Gasteiger partial charge in [-0.15, -0.1) is 0 Å². The molecule has 1 saturated heterocycles. The monoisotopic (exact) mass is 439 g/mol. The van der Waals surface area contributed by atoms with Crippen molar-refractivity contribution in [2.24, 2.45) is 5.92 Å². The Kier molecular flexibility index (Phi) is 7.72. The van der Waals surface area contributed by atoms with E-state index >= 15 is 0 Å². The van der Waals surface area contributed by atoms with Gasteiger partial charge in [-0.1, -0.05) is 30.3 Å². The van der Waals surface area contributed by atoms with Crippen LogP contribution >= 0.6 is 0 Å². The summed E-state index contributed by atoms with van der Waals surface area (Å²) >= 11 is 0. The van der Waals surface area contributed by atoms with Crippen molar-refractivity contribution in [3.63, 3.8) is 0 Å². The number of amides is 2. The minimum absolute atomic E-state index is 0.121. The molecule has 0 aliphatic carbocycles. The lowest BCUT2D eigenvalue weighted by atomic mass is 9.87. The van der Waals surface area contributed by atoms with Gasteiger partial charge in [0, 0.05) is 25.4 Å². The Balaban J connectivity index is 1.63. The van der Waals surface area contributed by atoms with Crippen LogP contribution in [-0.2, 0) is 4.74 Å². The van der Waals surface area contributed by atoms with Crippen molar-refractivity contribution in [2.75, 3.05) is 20.2 Å². The third kappa shape index (κ3) is 6.70. The number of aromatic nitrogens is 1. The first-order valence-corrected chi connectivity index (χ1v) is 11.1. The maximum Gasteiger partial charge on any atom is 0.410 e. The quantitative estimate of drug-likeness (QED) is 0.712. The van der Waals surface area contributed by atoms with E-state index in [0.29, 0.717) is 30.5 Å². The molecule has 32 heavy (non-hydrogen) atoms. The molecule has 2 heterocycles. The lowest BCUT2D eigenvalue weighted by molar-refractivity contribution is 0.0178. The van der Waals surface area contributed by atoms with Crippen LogP contribution in [0.2, 0.25) is 0 Å². The Morgan fingerprint density at radius 3 is 2.38 bits per heavy atom. The van der Waals surface area contributed by atoms with E-state index in [4.69, 9.17) is 9.47 Å². The van der Waals surface area contributed by atoms with Crippen molar-refractivity contribution in [3.8, 4) is 5.88 Å². The van der Waals surface area contributed by atoms with Gasteiger partial charge in [0.15, 0.2) is 0 Å². The summed E-state index contributed by atoms with van der Waals surface area (Å²) in [6.07, 6.45) is 3.83. The maximum atomic E-state index is 12.9. The average Bonchev–Trinajstić information content (AvgIpc) is 2.78. The predicted molar refractivity (Wildman–Crippen MR) is 123 cm³/mol. The van der Waals surface area contributed by atoms with Crippen molar-refractivity contribution in [3.05, 3.63) is 59.8 Å². The molecule has 1 N–H and O–H groups in total. The SMILES string of the molecule is COc1ccc(C(=O)N[C@@H](CC2CCN(C(=O)OC(C)(C)C)CC2)c2ccccc2)cn1. The molecule has 0 unspecified atom stereocenters. The number of benzene rings is 1. The molecule has 1 atom stereocenters. The molecule has 0 bridgehead atoms. The van der Waals surface area contributed by atoms with E-state index in [-0.39, 0.29) is 18.0 Å². The van der Waals surface area contributed by atoms with E-state index in [1.165, 1.54) is 6.20 Å². The molecule has 1 aliphatic rings. The maximum absolute atomic E-state index is 12.9. The van der Waals surface area contributed by atoms with Crippen LogP contribution in [0, 0.1) is 5.92 Å². The summed E-state index contributed by atoms with van der Waals surface area (Å²) < 4.78 is 10.6. The molecular formula is C25H33N3O4. The number of hydrogen-bond donors (Lipinski definition) is 1. The number of pyridine rings is 1. The molecule has 1 aromatic heterocycles. The highest BCUT2D eigenvalue weighted by molar-refractivity contribution is 5.94. The number of nitrogens with one attached hydrogen (secondary N) is 1. The second kappa shape index (κ2) is 10.5. The van der Waals surface area contributed by atoms with Gasteiger partial charge in [0.2, 0.25) is 5.88 Å². The number of hydrogen-bond acceptors (Lipinski definition) is 5. The van der Waals surface area contributed by atoms with E-state index in [9.17, 15) is 9.59 Å². The topological polar surface area (TPSA) is 80.8 Å². The summed E-state index contributed by atoms with van der Waals surface area (Å²) in [6, 6.07) is 13.3. The Hall–Kier alpha value is -3.09. The third-order valence-electron chi connectivity index (χ3n) is 5.55. The van der Waals surface area contributed by atoms with Crippen LogP contribution < -0.4 is 10.1 Å². The number of nitrogens with zero attached hydrogens (tertiary/aromatic N) is 2. The van der Waals surface area contributed by atoms with Gasteiger partial charge in [-0.3, -0.25) is 4.79 Å². The summed E-state index contributed by atoms with van der Waals surface area (Å²) in [7, 11) is 1.54. The molecule has 7 nitrogen and oxygen atoms in total. The Morgan fingerprint density at radius 1 is 1.12 bits per heavy atom. The standard InChI is InChI=1S/C25H33N3O4/c1-25(2,3)32-24(30)28-14-12-18(13-15-28)16-21(19-8-6-5-7-9-19)27-23(29)20-10-11-22(31-4)26-17-20/h5-11,17-18,21H,12-16H2,1-4H3,(H,27,29)/t21-/m0/s1. The Morgan fingerprint density at radius 2 is 1.81 bits per heavy atom. The van der Waals surface area contributed by atoms with E-state index in [2.05, 4.69) is 10.3 Å². The van der Waals surface area contributed by atoms with Gasteiger partial charge in [0.05, 0.1) is 18.7 Å². The molecular weight excluding hydrogens is 406 g/mol. The van der Waals surface area contributed by atoms with Crippen molar-refractivity contribution < 1.29 is 19.1 Å². The summed E-state index contributed by atoms with van der Waals surface area (Å²) in [5.74, 6) is 0.700. The second-order valence-corrected chi connectivity index (χ2v) is 9.17. The minimum atomic E-state index is -0.493. The van der Waals surface area contributed by atoms with Gasteiger partial charge >= 0.3 is 6.09 Å². The van der Waals surface area contributed by atoms with Crippen molar-refractivity contribution >= 4 is 12.0 Å². The van der Waals surface area contributed by atoms with Crippen LogP contribution in [0.25, 0.3) is 0 Å². The van der Waals surface area contributed by atoms with Gasteiger partial charge in [-0.05, 0) is 57.6 Å². The number of rotatable bonds is 6. The van der Waals surface area contributed by atoms with Gasteiger partial charge in [-0.25, -0.2) is 9.78 Å². The normalized spacial score (nSPS) is 15.7. The Bertz CT molecular complexity index is 886. The van der Waals surface area contributed by atoms with Crippen LogP contribution in [0.15, 0.2) is 48.7 Å². The molecule has 0 spiro atoms. The summed E-state index contributed by atoms with van der Waals surface area (Å²) in [4.78, 5) is 31.1. The van der Waals surface area contributed by atoms with Crippen molar-refractivity contribution in [1.29, 1.82) is 0 Å². The smallest absolute Gasteiger partial charge is 0.410 e. The number of likely N-dealkylation sites (tertiary alicyclic amines) is 1. The van der Waals surface area contributed by atoms with Crippen LogP contribution in [-0.4, -0.2) is 47.7 Å². The molecule has 0 radical (unpaired) electrons. The molecule has 2 amide bonds. The molecule has 3 rings (SSSR count). The highest BCUT2D eigenvalue weighted by Gasteiger charge is 2.29. The fraction of sp³-hybridized carbons (Fsp3) is 0.480. The molecule has 2 aromatic rings. The molecule has 0 saturated carbocycles. The van der Waals surface area contributed by atoms with Crippen LogP contribution in [0.4, 0.5) is 4.79 Å². The summed E-state index contributed by atoms with van der Waals surface area (Å²) in [5.41, 5.74) is 1.07. The largest absolute Gasteiger partial charge is 0.481 e. The van der Waals surface area contributed by atoms with E-state index < -0.39 is 5.60 Å². The first-order chi connectivity index (χ1) is 15.2. The number of carbonyl (C=O) groups excluding carboxylic acids is 2. The second-order valence-electron chi connectivity index (χ2n) is 9.17. The molecule has 1 fully saturated rings. The van der Waals surface area contributed by atoms with E-state index in [1.807, 2.05) is 51.1 Å². The number of piperidine rings is 1. The summed E-state index contributed by atoms with van der Waals surface area (Å²) in [6.45, 7) is 6.96. The fourth-order valence-corrected chi connectivity index (χ4v) is 3.85. The molecule has 172 valence electrons. The first kappa shape index (κ1) is 23.6. The van der Waals surface area contributed by atoms with Gasteiger partial charge in [0.25, 0.3) is 5.91 Å². The minimum Gasteiger partial charge on any atom is -0.481 e. The zero-order valence-corrected chi connectivity index (χ0v) is 19.3. The average molecular weight is 440 g/mol. The van der Waals surface area contributed by atoms with Crippen LogP contribution in [0.5, 0.6) is 5.88 Å². The highest BCUT2D eigenvalue weighted by Crippen LogP contribution is 2.29. The predicted octanol–water partition coefficient (Wildman–Crippen LogP) is 4.60. The highest BCUT2D eigenvalue weighted by atomic mass is 16.6. The lowest BCUT2D eigenvalue weighted by Gasteiger charge is -2.35. The van der Waals surface area contributed by atoms with E-state index in [1.54, 1.807) is 24.1 Å². The lowest BCUT2D eigenvalue weighted by Crippen LogP contribution is -2.42. The number of ether oxygens (including phenoxy) is 2. The molecule has 1 aromatic carbocycles. The van der Waals surface area contributed by atoms with E-state index in [0.717, 1.165) is 24.8 Å². The van der Waals surface area contributed by atoms with Gasteiger partial charge in [0.1, 0.15) is 5.60 Å². The zero-order valence-electron chi connectivity index (χ0n) is 19.3. The summed E-state index contributed by atoms with van der Waals surface area (Å²) in [5, 5.41) is 3.17. The number of methoxy groups -OCH3 is 1. The zero-order chi connectivity index (χ0) is 23.1. The first-order valence-electron chi connectivity index (χ1n) is 11.1. The van der Waals surface area contributed by atoms with Crippen molar-refractivity contribution in [1.82, 2.24) is 15.2 Å². The van der Waals surface area contributed by atoms with Gasteiger partial charge < -0.3 is 19.7 Å². The molecule has 1 aliphatic heterocycles. The van der Waals surface area contributed by atoms with Crippen LogP contribution in [0.1, 0.15) is 62.0 Å². The number of carbonyl (C=O) groups is 2. The fourth-order valence-electron chi connectivity index (χ4n) is 3.85. The van der Waals surface area contributed by atoms with Gasteiger partial charge in [-0.2, -0.15) is 0 Å². The molecule has 7 heteroatoms.